The summed E-state index contributed by atoms with van der Waals surface area (Å²) in [6.07, 6.45) is 6.18. The number of carbonyl (C=O) groups is 1. The highest BCUT2D eigenvalue weighted by molar-refractivity contribution is 5.82. The van der Waals surface area contributed by atoms with E-state index in [9.17, 15) is 4.79 Å². The third kappa shape index (κ3) is 9.47. The van der Waals surface area contributed by atoms with Gasteiger partial charge in [-0.05, 0) is 77.5 Å². The Bertz CT molecular complexity index is 659. The van der Waals surface area contributed by atoms with Crippen LogP contribution in [0.15, 0.2) is 24.3 Å². The van der Waals surface area contributed by atoms with Gasteiger partial charge < -0.3 is 24.8 Å². The van der Waals surface area contributed by atoms with Crippen molar-refractivity contribution in [1.82, 2.24) is 4.90 Å². The first-order valence-electron chi connectivity index (χ1n) is 12.3. The van der Waals surface area contributed by atoms with Crippen LogP contribution in [-0.4, -0.2) is 55.0 Å². The van der Waals surface area contributed by atoms with Crippen LogP contribution in [0.3, 0.4) is 0 Å². The first kappa shape index (κ1) is 26.6. The molecule has 0 saturated heterocycles. The van der Waals surface area contributed by atoms with Crippen molar-refractivity contribution in [1.29, 1.82) is 0 Å². The summed E-state index contributed by atoms with van der Waals surface area (Å²) in [4.78, 5) is 15.3. The Morgan fingerprint density at radius 1 is 1.06 bits per heavy atom. The fourth-order valence-corrected chi connectivity index (χ4v) is 4.26. The maximum Gasteiger partial charge on any atom is 0.240 e. The summed E-state index contributed by atoms with van der Waals surface area (Å²) in [6, 6.07) is 7.26. The van der Waals surface area contributed by atoms with Gasteiger partial charge >= 0.3 is 0 Å². The lowest BCUT2D eigenvalue weighted by atomic mass is 9.88. The Kier molecular flexibility index (Phi) is 11.0. The minimum atomic E-state index is -0.600. The van der Waals surface area contributed by atoms with Gasteiger partial charge in [-0.25, -0.2) is 0 Å². The van der Waals surface area contributed by atoms with Gasteiger partial charge in [0.15, 0.2) is 6.29 Å². The third-order valence-corrected chi connectivity index (χ3v) is 5.71. The quantitative estimate of drug-likeness (QED) is 0.475. The molecule has 2 rings (SSSR count). The molecule has 0 spiro atoms. The second-order valence-electron chi connectivity index (χ2n) is 9.76. The van der Waals surface area contributed by atoms with Crippen LogP contribution in [0.5, 0.6) is 5.75 Å². The number of amides is 1. The van der Waals surface area contributed by atoms with Gasteiger partial charge in [0.25, 0.3) is 0 Å². The van der Waals surface area contributed by atoms with E-state index in [0.29, 0.717) is 32.1 Å². The zero-order valence-corrected chi connectivity index (χ0v) is 20.8. The van der Waals surface area contributed by atoms with Gasteiger partial charge in [0.2, 0.25) is 5.91 Å². The number of hydrogen-bond donors (Lipinski definition) is 1. The smallest absolute Gasteiger partial charge is 0.240 e. The third-order valence-electron chi connectivity index (χ3n) is 5.71. The Morgan fingerprint density at radius 2 is 1.66 bits per heavy atom. The van der Waals surface area contributed by atoms with E-state index in [1.165, 1.54) is 32.1 Å². The lowest BCUT2D eigenvalue weighted by Crippen LogP contribution is -2.50. The number of rotatable bonds is 12. The summed E-state index contributed by atoms with van der Waals surface area (Å²) >= 11 is 0. The van der Waals surface area contributed by atoms with Crippen LogP contribution >= 0.6 is 0 Å². The van der Waals surface area contributed by atoms with Crippen LogP contribution < -0.4 is 10.5 Å². The van der Waals surface area contributed by atoms with Crippen molar-refractivity contribution in [3.63, 3.8) is 0 Å². The largest absolute Gasteiger partial charge is 0.488 e. The summed E-state index contributed by atoms with van der Waals surface area (Å²) in [5.41, 5.74) is 7.19. The zero-order valence-electron chi connectivity index (χ0n) is 20.8. The lowest BCUT2D eigenvalue weighted by molar-refractivity contribution is -0.160. The molecule has 0 aromatic heterocycles. The first-order chi connectivity index (χ1) is 15.2. The highest BCUT2D eigenvalue weighted by Crippen LogP contribution is 2.25. The van der Waals surface area contributed by atoms with E-state index in [0.717, 1.165) is 17.9 Å². The van der Waals surface area contributed by atoms with Gasteiger partial charge in [0, 0.05) is 19.8 Å². The topological polar surface area (TPSA) is 74.0 Å². The molecule has 1 aliphatic carbocycles. The van der Waals surface area contributed by atoms with Crippen molar-refractivity contribution in [2.75, 3.05) is 26.3 Å². The second kappa shape index (κ2) is 13.2. The molecule has 0 radical (unpaired) electrons. The average Bonchev–Trinajstić information content (AvgIpc) is 2.74. The molecule has 182 valence electrons. The van der Waals surface area contributed by atoms with E-state index < -0.39 is 12.3 Å². The van der Waals surface area contributed by atoms with E-state index in [4.69, 9.17) is 19.9 Å². The maximum atomic E-state index is 13.4. The highest BCUT2D eigenvalue weighted by atomic mass is 16.7. The van der Waals surface area contributed by atoms with Crippen molar-refractivity contribution in [2.45, 2.75) is 91.1 Å². The average molecular weight is 449 g/mol. The number of carbonyl (C=O) groups excluding carboxylic acids is 1. The molecular weight excluding hydrogens is 404 g/mol. The maximum absolute atomic E-state index is 13.4. The molecule has 1 aliphatic rings. The van der Waals surface area contributed by atoms with Crippen LogP contribution in [0, 0.1) is 5.92 Å². The predicted molar refractivity (Wildman–Crippen MR) is 129 cm³/mol. The molecule has 1 amide bonds. The lowest BCUT2D eigenvalue weighted by Gasteiger charge is -2.33. The summed E-state index contributed by atoms with van der Waals surface area (Å²) in [7, 11) is 0. The minimum absolute atomic E-state index is 0.0324. The molecule has 1 fully saturated rings. The second-order valence-corrected chi connectivity index (χ2v) is 9.76. The summed E-state index contributed by atoms with van der Waals surface area (Å²) < 4.78 is 17.4. The standard InChI is InChI=1S/C26H44N2O4/c1-6-30-24(31-7-2)19-28(18-21-11-9-8-10-12-21)25(29)23(27)17-20-13-15-22(16-14-20)32-26(3,4)5/h13-16,21,23-24H,6-12,17-19,27H2,1-5H3/t23-/m0/s1. The molecule has 6 heteroatoms. The van der Waals surface area contributed by atoms with Crippen molar-refractivity contribution in [3.8, 4) is 5.75 Å². The van der Waals surface area contributed by atoms with Crippen molar-refractivity contribution in [3.05, 3.63) is 29.8 Å². The van der Waals surface area contributed by atoms with E-state index in [2.05, 4.69) is 0 Å². The molecule has 1 aromatic rings. The Labute approximate surface area is 194 Å². The summed E-state index contributed by atoms with van der Waals surface area (Å²) in [5, 5.41) is 0. The fourth-order valence-electron chi connectivity index (χ4n) is 4.26. The number of nitrogens with two attached hydrogens (primary N) is 1. The van der Waals surface area contributed by atoms with Crippen molar-refractivity contribution in [2.24, 2.45) is 11.7 Å². The molecule has 1 aromatic carbocycles. The minimum Gasteiger partial charge on any atom is -0.488 e. The van der Waals surface area contributed by atoms with E-state index in [-0.39, 0.29) is 11.5 Å². The summed E-state index contributed by atoms with van der Waals surface area (Å²) in [5.74, 6) is 1.31. The van der Waals surface area contributed by atoms with Crippen LogP contribution in [0.2, 0.25) is 0 Å². The van der Waals surface area contributed by atoms with E-state index in [1.54, 1.807) is 0 Å². The first-order valence-corrected chi connectivity index (χ1v) is 12.3. The zero-order chi connectivity index (χ0) is 23.6. The van der Waals surface area contributed by atoms with Gasteiger partial charge in [0.1, 0.15) is 11.4 Å². The molecule has 1 saturated carbocycles. The Balaban J connectivity index is 2.05. The van der Waals surface area contributed by atoms with Gasteiger partial charge in [-0.2, -0.15) is 0 Å². The van der Waals surface area contributed by atoms with Crippen LogP contribution in [-0.2, 0) is 20.7 Å². The van der Waals surface area contributed by atoms with Gasteiger partial charge in [-0.15, -0.1) is 0 Å². The Hall–Kier alpha value is -1.63. The molecule has 1 atom stereocenters. The van der Waals surface area contributed by atoms with Crippen molar-refractivity contribution >= 4 is 5.91 Å². The highest BCUT2D eigenvalue weighted by Gasteiger charge is 2.28. The summed E-state index contributed by atoms with van der Waals surface area (Å²) in [6.45, 7) is 12.2. The predicted octanol–water partition coefficient (Wildman–Crippen LogP) is 4.54. The molecule has 0 unspecified atom stereocenters. The van der Waals surface area contributed by atoms with E-state index >= 15 is 0 Å². The normalized spacial score (nSPS) is 16.2. The van der Waals surface area contributed by atoms with Crippen LogP contribution in [0.4, 0.5) is 0 Å². The fraction of sp³-hybridized carbons (Fsp3) is 0.731. The van der Waals surface area contributed by atoms with Gasteiger partial charge in [0.05, 0.1) is 12.6 Å². The van der Waals surface area contributed by atoms with Gasteiger partial charge in [-0.1, -0.05) is 31.4 Å². The number of ether oxygens (including phenoxy) is 3. The SMILES string of the molecule is CCOC(CN(CC1CCCCC1)C(=O)[C@@H](N)Cc1ccc(OC(C)(C)C)cc1)OCC. The van der Waals surface area contributed by atoms with Crippen molar-refractivity contribution < 1.29 is 19.0 Å². The molecular formula is C26H44N2O4. The molecule has 2 N–H and O–H groups in total. The molecule has 0 aliphatic heterocycles. The number of hydrogen-bond acceptors (Lipinski definition) is 5. The monoisotopic (exact) mass is 448 g/mol. The van der Waals surface area contributed by atoms with E-state index in [1.807, 2.05) is 63.8 Å². The number of nitrogens with zero attached hydrogens (tertiary/aromatic N) is 1. The molecule has 0 heterocycles. The molecule has 0 bridgehead atoms. The molecule has 32 heavy (non-hydrogen) atoms. The molecule has 6 nitrogen and oxygen atoms in total. The Morgan fingerprint density at radius 3 is 2.19 bits per heavy atom. The van der Waals surface area contributed by atoms with Crippen LogP contribution in [0.25, 0.3) is 0 Å². The van der Waals surface area contributed by atoms with Crippen LogP contribution in [0.1, 0.15) is 72.3 Å². The van der Waals surface area contributed by atoms with Gasteiger partial charge in [-0.3, -0.25) is 4.79 Å². The number of benzene rings is 1.